The number of pyridine rings is 2. The van der Waals surface area contributed by atoms with Gasteiger partial charge < -0.3 is 24.5 Å². The minimum absolute atomic E-state index is 0.00556. The van der Waals surface area contributed by atoms with E-state index in [0.717, 1.165) is 57.7 Å². The summed E-state index contributed by atoms with van der Waals surface area (Å²) in [5.74, 6) is 1.74. The van der Waals surface area contributed by atoms with Crippen molar-refractivity contribution in [2.45, 2.75) is 44.3 Å². The number of carbonyl (C=O) groups excluding carboxylic acids is 3. The van der Waals surface area contributed by atoms with E-state index in [0.29, 0.717) is 66.2 Å². The first-order chi connectivity index (χ1) is 29.3. The number of nitrogens with one attached hydrogen (secondary N) is 2. The number of benzene rings is 2. The Bertz CT molecular complexity index is 2700. The number of hydrogen-bond donors (Lipinski definition) is 3. The number of H-pyrrole nitrogens is 1. The molecule has 0 aliphatic carbocycles. The molecule has 4 fully saturated rings. The van der Waals surface area contributed by atoms with E-state index >= 15 is 0 Å². The van der Waals surface area contributed by atoms with Crippen molar-refractivity contribution in [2.75, 3.05) is 60.5 Å². The largest absolute Gasteiger partial charge is 0.486 e. The third-order valence-electron chi connectivity index (χ3n) is 12.6. The van der Waals surface area contributed by atoms with Gasteiger partial charge in [-0.05, 0) is 68.3 Å². The number of aromatic nitrogens is 6. The number of aliphatic hydroxyl groups is 1. The van der Waals surface area contributed by atoms with Gasteiger partial charge in [-0.15, -0.1) is 0 Å². The Balaban J connectivity index is 0.712. The molecule has 18 heteroatoms. The maximum Gasteiger partial charge on any atom is 0.329 e. The molecule has 0 bridgehead atoms. The van der Waals surface area contributed by atoms with Gasteiger partial charge in [0.2, 0.25) is 11.8 Å². The number of fused-ring (bicyclic) bond motifs is 2. The highest BCUT2D eigenvalue weighted by molar-refractivity contribution is 6.35. The Kier molecular flexibility index (Phi) is 9.56. The molecule has 4 aliphatic rings. The van der Waals surface area contributed by atoms with E-state index in [1.165, 1.54) is 4.90 Å². The molecule has 1 spiro atoms. The first-order valence-electron chi connectivity index (χ1n) is 20.3. The molecular weight excluding hydrogens is 821 g/mol. The monoisotopic (exact) mass is 863 g/mol. The Hall–Kier alpha value is -5.97. The van der Waals surface area contributed by atoms with E-state index in [4.69, 9.17) is 32.9 Å². The summed E-state index contributed by atoms with van der Waals surface area (Å²) in [7, 11) is 1.83. The van der Waals surface area contributed by atoms with Gasteiger partial charge in [-0.1, -0.05) is 23.2 Å². The van der Waals surface area contributed by atoms with Gasteiger partial charge in [-0.3, -0.25) is 34.6 Å². The number of aryl methyl sites for hydroxylation is 1. The van der Waals surface area contributed by atoms with Crippen LogP contribution in [0.3, 0.4) is 0 Å². The van der Waals surface area contributed by atoms with Crippen LogP contribution in [0.15, 0.2) is 67.1 Å². The second-order valence-electron chi connectivity index (χ2n) is 16.9. The predicted octanol–water partition coefficient (Wildman–Crippen LogP) is 5.87. The Morgan fingerprint density at radius 3 is 2.43 bits per heavy atom. The molecule has 0 unspecified atom stereocenters. The van der Waals surface area contributed by atoms with Crippen LogP contribution in [0.25, 0.3) is 33.1 Å². The molecular formula is C43H43Cl2N11O5. The molecule has 0 saturated carbocycles. The highest BCUT2D eigenvalue weighted by Gasteiger charge is 2.54. The zero-order chi connectivity index (χ0) is 42.2. The van der Waals surface area contributed by atoms with Gasteiger partial charge in [-0.2, -0.15) is 10.2 Å². The van der Waals surface area contributed by atoms with Gasteiger partial charge in [0, 0.05) is 111 Å². The number of ether oxygens (including phenoxy) is 1. The number of anilines is 3. The number of rotatable bonds is 9. The Morgan fingerprint density at radius 1 is 0.934 bits per heavy atom. The summed E-state index contributed by atoms with van der Waals surface area (Å²) in [6.07, 6.45) is 5.81. The maximum absolute atomic E-state index is 13.4. The van der Waals surface area contributed by atoms with Crippen LogP contribution in [0.2, 0.25) is 10.0 Å². The average molecular weight is 865 g/mol. The van der Waals surface area contributed by atoms with E-state index in [9.17, 15) is 19.5 Å². The summed E-state index contributed by atoms with van der Waals surface area (Å²) >= 11 is 12.7. The van der Waals surface area contributed by atoms with E-state index in [-0.39, 0.29) is 36.6 Å². The van der Waals surface area contributed by atoms with Crippen LogP contribution in [-0.4, -0.2) is 109 Å². The number of likely N-dealkylation sites (tertiary alicyclic amines) is 1. The maximum atomic E-state index is 13.4. The van der Waals surface area contributed by atoms with Crippen molar-refractivity contribution in [3.63, 3.8) is 0 Å². The number of piperidine rings is 1. The molecule has 4 saturated heterocycles. The van der Waals surface area contributed by atoms with Crippen molar-refractivity contribution in [1.82, 2.24) is 40.2 Å². The number of imide groups is 1. The van der Waals surface area contributed by atoms with E-state index in [1.807, 2.05) is 73.6 Å². The third-order valence-corrected chi connectivity index (χ3v) is 13.2. The molecule has 61 heavy (non-hydrogen) atoms. The first-order valence-corrected chi connectivity index (χ1v) is 21.1. The number of aromatic amines is 1. The quantitative estimate of drug-likeness (QED) is 0.158. The smallest absolute Gasteiger partial charge is 0.329 e. The van der Waals surface area contributed by atoms with E-state index in [1.54, 1.807) is 17.1 Å². The Labute approximate surface area is 360 Å². The van der Waals surface area contributed by atoms with Crippen molar-refractivity contribution in [3.05, 3.63) is 82.7 Å². The fourth-order valence-electron chi connectivity index (χ4n) is 9.28. The van der Waals surface area contributed by atoms with Crippen LogP contribution in [0.4, 0.5) is 22.1 Å². The van der Waals surface area contributed by atoms with Crippen molar-refractivity contribution in [2.24, 2.45) is 12.5 Å². The van der Waals surface area contributed by atoms with Gasteiger partial charge in [0.25, 0.3) is 0 Å². The lowest BCUT2D eigenvalue weighted by atomic mass is 9.72. The molecule has 2 aromatic carbocycles. The fourth-order valence-corrected chi connectivity index (χ4v) is 9.95. The fraction of sp³-hybridized carbons (Fsp3) is 0.372. The van der Waals surface area contributed by atoms with Gasteiger partial charge in [0.1, 0.15) is 23.4 Å². The number of hydrogen-bond acceptors (Lipinski definition) is 11. The summed E-state index contributed by atoms with van der Waals surface area (Å²) in [5, 5.41) is 28.8. The number of urea groups is 1. The molecule has 10 rings (SSSR count). The van der Waals surface area contributed by atoms with Crippen LogP contribution in [0.5, 0.6) is 5.75 Å². The van der Waals surface area contributed by atoms with Gasteiger partial charge in [0.15, 0.2) is 5.82 Å². The molecule has 8 heterocycles. The van der Waals surface area contributed by atoms with Crippen LogP contribution in [-0.2, 0) is 16.6 Å². The van der Waals surface area contributed by atoms with Crippen LogP contribution in [0.1, 0.15) is 44.3 Å². The van der Waals surface area contributed by atoms with Crippen LogP contribution in [0, 0.1) is 5.41 Å². The highest BCUT2D eigenvalue weighted by Crippen LogP contribution is 2.43. The summed E-state index contributed by atoms with van der Waals surface area (Å²) in [6, 6.07) is 15.3. The SMILES string of the molecule is C[C@@H](Oc1ccc2[nH]nc(-c3ccc(N4CC5(CN(C(=O)CC6(O)CCN(c7ccc8c(N9CCC(=O)NC9=O)nn(C)c8c7)CC6)C5)C4)nc3)c2c1)c1c(Cl)cncc1Cl. The molecule has 314 valence electrons. The normalized spacial score (nSPS) is 19.0. The molecule has 6 aromatic rings. The van der Waals surface area contributed by atoms with E-state index < -0.39 is 17.7 Å². The lowest BCUT2D eigenvalue weighted by Gasteiger charge is -2.60. The molecule has 0 radical (unpaired) electrons. The van der Waals surface area contributed by atoms with Crippen LogP contribution < -0.4 is 24.8 Å². The summed E-state index contributed by atoms with van der Waals surface area (Å²) in [5.41, 5.74) is 3.99. The molecule has 16 nitrogen and oxygen atoms in total. The van der Waals surface area contributed by atoms with Gasteiger partial charge in [-0.25, -0.2) is 9.78 Å². The zero-order valence-electron chi connectivity index (χ0n) is 33.6. The minimum Gasteiger partial charge on any atom is -0.486 e. The number of carbonyl (C=O) groups is 3. The lowest BCUT2D eigenvalue weighted by molar-refractivity contribution is -0.151. The molecule has 4 amide bonds. The molecule has 4 aliphatic heterocycles. The predicted molar refractivity (Wildman–Crippen MR) is 231 cm³/mol. The lowest BCUT2D eigenvalue weighted by Crippen LogP contribution is -2.73. The second kappa shape index (κ2) is 14.9. The molecule has 3 N–H and O–H groups in total. The highest BCUT2D eigenvalue weighted by atomic mass is 35.5. The van der Waals surface area contributed by atoms with E-state index in [2.05, 4.69) is 35.4 Å². The van der Waals surface area contributed by atoms with Crippen molar-refractivity contribution in [3.8, 4) is 17.0 Å². The number of nitrogens with zero attached hydrogens (tertiary/aromatic N) is 9. The van der Waals surface area contributed by atoms with Gasteiger partial charge >= 0.3 is 6.03 Å². The Morgan fingerprint density at radius 2 is 1.70 bits per heavy atom. The number of amides is 4. The molecule has 1 atom stereocenters. The van der Waals surface area contributed by atoms with Crippen molar-refractivity contribution < 1.29 is 24.2 Å². The topological polar surface area (TPSA) is 178 Å². The van der Waals surface area contributed by atoms with Gasteiger partial charge in [0.05, 0.1) is 33.1 Å². The average Bonchev–Trinajstić information content (AvgIpc) is 3.77. The standard InChI is InChI=1S/C43H43Cl2N11O5/c1-25(38-31(44)19-46-20-32(38)45)61-28-5-7-33-30(16-28)39(50-49-33)26-3-8-35(47-18-26)54-21-42(22-54)23-55(24-42)37(58)17-43(60)10-13-53(14-11-43)27-4-6-29-34(15-27)52(2)51-40(29)56-12-9-36(57)48-41(56)59/h3-8,15-16,18-20,25,60H,9-14,17,21-24H2,1-2H3,(H,49,50)(H,48,57,59)/t25-/m1/s1. The van der Waals surface area contributed by atoms with Crippen LogP contribution >= 0.6 is 23.2 Å². The first kappa shape index (κ1) is 39.2. The summed E-state index contributed by atoms with van der Waals surface area (Å²) in [6.45, 7) is 6.34. The summed E-state index contributed by atoms with van der Waals surface area (Å²) in [4.78, 5) is 54.2. The zero-order valence-corrected chi connectivity index (χ0v) is 35.1. The summed E-state index contributed by atoms with van der Waals surface area (Å²) < 4.78 is 7.98. The minimum atomic E-state index is -1.06. The molecule has 4 aromatic heterocycles. The third kappa shape index (κ3) is 7.15. The second-order valence-corrected chi connectivity index (χ2v) is 17.7. The number of halogens is 2. The van der Waals surface area contributed by atoms with Crippen molar-refractivity contribution >= 4 is 80.2 Å². The van der Waals surface area contributed by atoms with Crippen molar-refractivity contribution in [1.29, 1.82) is 0 Å².